The van der Waals surface area contributed by atoms with Crippen LogP contribution in [-0.4, -0.2) is 43.6 Å². The first-order valence-corrected chi connectivity index (χ1v) is 10.8. The number of nitrogen functional groups attached to an aromatic ring is 1. The lowest BCUT2D eigenvalue weighted by atomic mass is 9.94. The zero-order chi connectivity index (χ0) is 22.1. The standard InChI is InChI=1S/C18H19N5OS.C2H6O.C2H6/c1-24-12-3-4-13-15(7-12)25-18-16(13)17(21-9-22-18)23-11-2-5-14(20)10(6-11)8-19;1-3-2;1-2/h2,5-6,8-9,12,19H,3-4,7,20H2,1H3,(H,21,22,23);1-2H3;1-2H3. The highest BCUT2D eigenvalue weighted by Crippen LogP contribution is 2.39. The highest BCUT2D eigenvalue weighted by atomic mass is 32.1. The van der Waals surface area contributed by atoms with E-state index in [0.717, 1.165) is 41.0 Å². The molecular weight excluding hydrogens is 398 g/mol. The first-order valence-electron chi connectivity index (χ1n) is 9.96. The molecule has 0 bridgehead atoms. The molecule has 4 rings (SSSR count). The number of aryl methyl sites for hydroxylation is 1. The second-order valence-corrected chi connectivity index (χ2v) is 7.61. The van der Waals surface area contributed by atoms with Gasteiger partial charge < -0.3 is 25.9 Å². The van der Waals surface area contributed by atoms with Crippen LogP contribution < -0.4 is 11.1 Å². The third-order valence-corrected chi connectivity index (χ3v) is 5.80. The van der Waals surface area contributed by atoms with Gasteiger partial charge in [0.1, 0.15) is 17.0 Å². The van der Waals surface area contributed by atoms with Gasteiger partial charge in [-0.3, -0.25) is 0 Å². The van der Waals surface area contributed by atoms with Gasteiger partial charge in [-0.15, -0.1) is 11.3 Å². The van der Waals surface area contributed by atoms with E-state index >= 15 is 0 Å². The molecule has 2 aromatic heterocycles. The van der Waals surface area contributed by atoms with E-state index in [0.29, 0.717) is 11.3 Å². The molecule has 0 fully saturated rings. The SMILES string of the molecule is CC.COC.COC1CCc2c(sc3ncnc(Nc4ccc(N)c(C=N)c4)c23)C1. The van der Waals surface area contributed by atoms with E-state index in [1.165, 1.54) is 16.7 Å². The molecule has 8 heteroatoms. The third-order valence-electron chi connectivity index (χ3n) is 4.64. The van der Waals surface area contributed by atoms with Crippen LogP contribution in [0.25, 0.3) is 10.2 Å². The minimum absolute atomic E-state index is 0.289. The van der Waals surface area contributed by atoms with E-state index in [1.807, 2.05) is 26.0 Å². The summed E-state index contributed by atoms with van der Waals surface area (Å²) in [5.41, 5.74) is 9.34. The van der Waals surface area contributed by atoms with Crippen molar-refractivity contribution in [1.29, 1.82) is 5.41 Å². The summed E-state index contributed by atoms with van der Waals surface area (Å²) in [6.45, 7) is 4.00. The van der Waals surface area contributed by atoms with E-state index in [2.05, 4.69) is 20.0 Å². The Morgan fingerprint density at radius 1 is 1.23 bits per heavy atom. The Morgan fingerprint density at radius 2 is 1.97 bits per heavy atom. The van der Waals surface area contributed by atoms with Gasteiger partial charge in [0.25, 0.3) is 0 Å². The number of thiophene rings is 1. The molecule has 0 saturated carbocycles. The molecule has 4 N–H and O–H groups in total. The minimum atomic E-state index is 0.289. The minimum Gasteiger partial charge on any atom is -0.398 e. The summed E-state index contributed by atoms with van der Waals surface area (Å²) in [5, 5.41) is 11.9. The quantitative estimate of drug-likeness (QED) is 0.406. The maximum Gasteiger partial charge on any atom is 0.142 e. The van der Waals surface area contributed by atoms with Crippen LogP contribution in [-0.2, 0) is 22.3 Å². The van der Waals surface area contributed by atoms with Crippen molar-refractivity contribution in [2.24, 2.45) is 0 Å². The summed E-state index contributed by atoms with van der Waals surface area (Å²) in [6.07, 6.45) is 6.07. The van der Waals surface area contributed by atoms with Gasteiger partial charge in [0.2, 0.25) is 0 Å². The van der Waals surface area contributed by atoms with E-state index in [9.17, 15) is 0 Å². The number of hydrogen-bond donors (Lipinski definition) is 3. The topological polar surface area (TPSA) is 106 Å². The predicted molar refractivity (Wildman–Crippen MR) is 127 cm³/mol. The zero-order valence-electron chi connectivity index (χ0n) is 18.3. The molecule has 0 radical (unpaired) electrons. The Labute approximate surface area is 182 Å². The lowest BCUT2D eigenvalue weighted by molar-refractivity contribution is 0.0922. The molecule has 2 heterocycles. The van der Waals surface area contributed by atoms with E-state index in [4.69, 9.17) is 15.9 Å². The number of aromatic nitrogens is 2. The van der Waals surface area contributed by atoms with E-state index in [-0.39, 0.29) is 6.10 Å². The second kappa shape index (κ2) is 11.6. The molecule has 1 aromatic carbocycles. The number of fused-ring (bicyclic) bond motifs is 3. The number of rotatable bonds is 4. The Hall–Kier alpha value is -2.55. The van der Waals surface area contributed by atoms with Gasteiger partial charge in [0, 0.05) is 55.8 Å². The summed E-state index contributed by atoms with van der Waals surface area (Å²) in [4.78, 5) is 11.3. The number of nitrogens with two attached hydrogens (primary N) is 1. The van der Waals surface area contributed by atoms with Crippen molar-refractivity contribution in [3.05, 3.63) is 40.5 Å². The second-order valence-electron chi connectivity index (χ2n) is 6.53. The van der Waals surface area contributed by atoms with Crippen molar-refractivity contribution in [1.82, 2.24) is 9.97 Å². The number of hydrogen-bond acceptors (Lipinski definition) is 8. The molecule has 0 saturated heterocycles. The fraction of sp³-hybridized carbons (Fsp3) is 0.409. The Morgan fingerprint density at radius 3 is 2.63 bits per heavy atom. The number of nitrogens with zero attached hydrogens (tertiary/aromatic N) is 2. The van der Waals surface area contributed by atoms with E-state index in [1.54, 1.807) is 45.1 Å². The molecule has 0 spiro atoms. The number of ether oxygens (including phenoxy) is 2. The van der Waals surface area contributed by atoms with Gasteiger partial charge in [-0.05, 0) is 36.6 Å². The average molecular weight is 430 g/mol. The number of methoxy groups -OCH3 is 2. The fourth-order valence-corrected chi connectivity index (χ4v) is 4.54. The third kappa shape index (κ3) is 5.33. The lowest BCUT2D eigenvalue weighted by Gasteiger charge is -2.20. The highest BCUT2D eigenvalue weighted by Gasteiger charge is 2.25. The number of anilines is 3. The van der Waals surface area contributed by atoms with Crippen molar-refractivity contribution < 1.29 is 9.47 Å². The van der Waals surface area contributed by atoms with Crippen molar-refractivity contribution in [2.75, 3.05) is 32.4 Å². The summed E-state index contributed by atoms with van der Waals surface area (Å²) in [7, 11) is 5.03. The monoisotopic (exact) mass is 429 g/mol. The van der Waals surface area contributed by atoms with Crippen LogP contribution in [0.15, 0.2) is 24.5 Å². The van der Waals surface area contributed by atoms with Crippen LogP contribution in [0.3, 0.4) is 0 Å². The maximum absolute atomic E-state index is 7.46. The smallest absolute Gasteiger partial charge is 0.142 e. The number of nitrogens with one attached hydrogen (secondary N) is 2. The van der Waals surface area contributed by atoms with E-state index < -0.39 is 0 Å². The summed E-state index contributed by atoms with van der Waals surface area (Å²) < 4.78 is 9.78. The van der Waals surface area contributed by atoms with Gasteiger partial charge in [0.15, 0.2) is 0 Å². The lowest BCUT2D eigenvalue weighted by Crippen LogP contribution is -2.19. The first-order chi connectivity index (χ1) is 14.6. The van der Waals surface area contributed by atoms with Crippen LogP contribution in [0.5, 0.6) is 0 Å². The summed E-state index contributed by atoms with van der Waals surface area (Å²) >= 11 is 1.73. The molecule has 1 atom stereocenters. The molecular formula is C22H31N5O2S. The first kappa shape index (κ1) is 23.7. The largest absolute Gasteiger partial charge is 0.398 e. The molecule has 1 aliphatic carbocycles. The average Bonchev–Trinajstić information content (AvgIpc) is 3.15. The molecule has 0 aliphatic heterocycles. The molecule has 7 nitrogen and oxygen atoms in total. The molecule has 3 aromatic rings. The molecule has 1 unspecified atom stereocenters. The van der Waals surface area contributed by atoms with Crippen LogP contribution >= 0.6 is 11.3 Å². The van der Waals surface area contributed by atoms with Crippen LogP contribution in [0.4, 0.5) is 17.2 Å². The van der Waals surface area contributed by atoms with Crippen LogP contribution in [0.1, 0.15) is 36.3 Å². The van der Waals surface area contributed by atoms with Crippen molar-refractivity contribution in [2.45, 2.75) is 39.2 Å². The van der Waals surface area contributed by atoms with Gasteiger partial charge in [-0.25, -0.2) is 9.97 Å². The van der Waals surface area contributed by atoms with Crippen LogP contribution in [0.2, 0.25) is 0 Å². The van der Waals surface area contributed by atoms with Gasteiger partial charge in [-0.2, -0.15) is 0 Å². The van der Waals surface area contributed by atoms with Crippen molar-refractivity contribution >= 4 is 45.0 Å². The Balaban J connectivity index is 0.000000590. The van der Waals surface area contributed by atoms with Crippen molar-refractivity contribution in [3.63, 3.8) is 0 Å². The molecule has 30 heavy (non-hydrogen) atoms. The molecule has 0 amide bonds. The fourth-order valence-electron chi connectivity index (χ4n) is 3.29. The summed E-state index contributed by atoms with van der Waals surface area (Å²) in [6, 6.07) is 5.56. The van der Waals surface area contributed by atoms with Crippen molar-refractivity contribution in [3.8, 4) is 0 Å². The number of benzene rings is 1. The molecule has 162 valence electrons. The normalized spacial score (nSPS) is 14.6. The van der Waals surface area contributed by atoms with Crippen LogP contribution in [0, 0.1) is 5.41 Å². The summed E-state index contributed by atoms with van der Waals surface area (Å²) in [5.74, 6) is 0.805. The predicted octanol–water partition coefficient (Wildman–Crippen LogP) is 4.81. The van der Waals surface area contributed by atoms with Gasteiger partial charge in [-0.1, -0.05) is 13.8 Å². The van der Waals surface area contributed by atoms with Gasteiger partial charge >= 0.3 is 0 Å². The Kier molecular flexibility index (Phi) is 9.16. The zero-order valence-corrected chi connectivity index (χ0v) is 19.1. The molecule has 1 aliphatic rings. The van der Waals surface area contributed by atoms with Gasteiger partial charge in [0.05, 0.1) is 11.5 Å². The highest BCUT2D eigenvalue weighted by molar-refractivity contribution is 7.19. The Bertz CT molecular complexity index is 974. The maximum atomic E-state index is 7.46.